The van der Waals surface area contributed by atoms with E-state index in [0.29, 0.717) is 67.8 Å². The van der Waals surface area contributed by atoms with Gasteiger partial charge in [-0.2, -0.15) is 43.5 Å². The Morgan fingerprint density at radius 3 is 1.74 bits per heavy atom. The number of carbonyl (C=O) groups is 4. The van der Waals surface area contributed by atoms with E-state index in [9.17, 15) is 71.8 Å². The summed E-state index contributed by atoms with van der Waals surface area (Å²) in [4.78, 5) is 48.3. The molecule has 0 radical (unpaired) electrons. The number of hydrogen-bond donors (Lipinski definition) is 4. The molecule has 0 saturated heterocycles. The van der Waals surface area contributed by atoms with Gasteiger partial charge >= 0.3 is 51.3 Å². The van der Waals surface area contributed by atoms with Crippen LogP contribution in [0.25, 0.3) is 0 Å². The van der Waals surface area contributed by atoms with Crippen LogP contribution >= 0.6 is 44.3 Å². The van der Waals surface area contributed by atoms with Gasteiger partial charge in [-0.25, -0.2) is 5.26 Å². The van der Waals surface area contributed by atoms with Gasteiger partial charge in [0.2, 0.25) is 5.69 Å². The van der Waals surface area contributed by atoms with Gasteiger partial charge in [0.1, 0.15) is 6.54 Å². The summed E-state index contributed by atoms with van der Waals surface area (Å²) in [5, 5.41) is 16.6. The summed E-state index contributed by atoms with van der Waals surface area (Å²) in [6.07, 6.45) is 5.58. The number of esters is 1. The number of fused-ring (bicyclic) bond motifs is 2. The fourth-order valence-electron chi connectivity index (χ4n) is 10.3. The Kier molecular flexibility index (Phi) is 35.2. The molecule has 0 bridgehead atoms. The number of rotatable bonds is 46. The second-order valence-electron chi connectivity index (χ2n) is 23.1. The topological polar surface area (TPSA) is 281 Å². The van der Waals surface area contributed by atoms with Crippen LogP contribution in [0.2, 0.25) is 0 Å². The summed E-state index contributed by atoms with van der Waals surface area (Å²) in [7, 11) is -13.4. The lowest BCUT2D eigenvalue weighted by atomic mass is 9.81. The average Bonchev–Trinajstić information content (AvgIpc) is 1.60. The Morgan fingerprint density at radius 2 is 1.21 bits per heavy atom. The van der Waals surface area contributed by atoms with Crippen LogP contribution in [0, 0.1) is 0 Å². The normalized spacial score (nSPS) is 16.7. The Hall–Kier alpha value is -4.18. The van der Waals surface area contributed by atoms with Crippen molar-refractivity contribution >= 4 is 106 Å². The predicted octanol–water partition coefficient (Wildman–Crippen LogP) is 13.7. The standard InChI is InChI=1S/C60H87F7N4O18P4S2/c1-6-7-8-9-18-37-83-92(77,85-39-20-15-32-68-55(74)59(61,62)63)46-27-29-50-48(44-46)58(4,5)52(71(50)35-23-42-95(79,80)81)25-14-12-13-24-51-57(2,3)47-43-45(26-28-49(47)70(51)34-22-41-94-89-88-76)93(78,86-40-21-16-33-69-56(75)60(64,65)66)84-38-19-11-10-17-36-82-53(72)30-31-54(73)87-91(67)90/h12-14,24-29,43-44H,6-11,15-23,30-42,90H2,1-5H3,(H3-,68,69,74,75,76,79,80,81)/p+1. The van der Waals surface area contributed by atoms with Crippen LogP contribution in [0.15, 0.2) is 72.5 Å². The quantitative estimate of drug-likeness (QED) is 0.00458. The Labute approximate surface area is 558 Å². The molecule has 0 saturated carbocycles. The molecule has 4 atom stereocenters. The average molecular weight is 1470 g/mol. The minimum absolute atomic E-state index is 0.0206. The number of carbonyl (C=O) groups excluding carboxylic acids is 4. The van der Waals surface area contributed by atoms with E-state index in [1.54, 1.807) is 62.8 Å². The fourth-order valence-corrected chi connectivity index (χ4v) is 15.1. The smallest absolute Gasteiger partial charge is 0.466 e. The molecule has 0 aliphatic carbocycles. The van der Waals surface area contributed by atoms with E-state index in [-0.39, 0.29) is 108 Å². The first-order valence-corrected chi connectivity index (χ1v) is 39.5. The summed E-state index contributed by atoms with van der Waals surface area (Å²) >= 11 is 0.873. The van der Waals surface area contributed by atoms with Crippen LogP contribution in [-0.4, -0.2) is 135 Å². The second-order valence-corrected chi connectivity index (χ2v) is 31.5. The van der Waals surface area contributed by atoms with Gasteiger partial charge in [-0.15, -0.1) is 4.33 Å². The van der Waals surface area contributed by atoms with E-state index < -0.39 is 86.1 Å². The van der Waals surface area contributed by atoms with Crippen molar-refractivity contribution < 1.29 is 118 Å². The molecule has 0 aromatic heterocycles. The molecule has 2 aromatic rings. The minimum atomic E-state index is -5.07. The third kappa shape index (κ3) is 27.8. The summed E-state index contributed by atoms with van der Waals surface area (Å²) in [6, 6.07) is 10.1. The number of anilines is 1. The number of hydrogen-bond acceptors (Lipinski definition) is 19. The number of amides is 2. The number of benzene rings is 2. The van der Waals surface area contributed by atoms with E-state index >= 15 is 0 Å². The highest BCUT2D eigenvalue weighted by Gasteiger charge is 2.47. The highest BCUT2D eigenvalue weighted by atomic mass is 32.2. The van der Waals surface area contributed by atoms with E-state index in [1.165, 1.54) is 0 Å². The van der Waals surface area contributed by atoms with E-state index in [2.05, 4.69) is 25.4 Å². The maximum absolute atomic E-state index is 15.0. The van der Waals surface area contributed by atoms with Crippen LogP contribution < -0.4 is 26.1 Å². The van der Waals surface area contributed by atoms with Gasteiger partial charge in [-0.05, 0) is 123 Å². The van der Waals surface area contributed by atoms with Gasteiger partial charge in [0.25, 0.3) is 18.3 Å². The summed E-state index contributed by atoms with van der Waals surface area (Å²) in [5.41, 5.74) is 2.63. The predicted molar refractivity (Wildman–Crippen MR) is 351 cm³/mol. The molecule has 4 N–H and O–H groups in total. The number of nitrogens with zero attached hydrogens (tertiary/aromatic N) is 2. The first-order valence-electron chi connectivity index (χ1n) is 31.1. The number of ether oxygens (including phenoxy) is 1. The van der Waals surface area contributed by atoms with Crippen molar-refractivity contribution in [1.82, 2.24) is 10.6 Å². The summed E-state index contributed by atoms with van der Waals surface area (Å²) in [6.45, 7) is 9.48. The molecule has 95 heavy (non-hydrogen) atoms. The second kappa shape index (κ2) is 40.2. The summed E-state index contributed by atoms with van der Waals surface area (Å²) in [5.74, 6) is -5.85. The monoisotopic (exact) mass is 1470 g/mol. The van der Waals surface area contributed by atoms with E-state index in [0.717, 1.165) is 54.7 Å². The van der Waals surface area contributed by atoms with Crippen LogP contribution in [0.5, 0.6) is 0 Å². The Balaban J connectivity index is 1.64. The molecular formula is C60H88F7N4O18P4S2+. The van der Waals surface area contributed by atoms with E-state index in [4.69, 9.17) is 28.1 Å². The van der Waals surface area contributed by atoms with Gasteiger partial charge < -0.3 is 42.9 Å². The Bertz CT molecular complexity index is 3190. The highest BCUT2D eigenvalue weighted by Crippen LogP contribution is 2.54. The molecular weight excluding hydrogens is 1390 g/mol. The number of halogens is 7. The van der Waals surface area contributed by atoms with Gasteiger partial charge in [-0.3, -0.25) is 32.9 Å². The molecule has 4 rings (SSSR count). The molecule has 0 fully saturated rings. The van der Waals surface area contributed by atoms with Crippen molar-refractivity contribution in [2.24, 2.45) is 0 Å². The van der Waals surface area contributed by atoms with Crippen molar-refractivity contribution in [2.75, 3.05) is 75.6 Å². The van der Waals surface area contributed by atoms with Crippen molar-refractivity contribution in [1.29, 1.82) is 0 Å². The Morgan fingerprint density at radius 1 is 0.695 bits per heavy atom. The van der Waals surface area contributed by atoms with Crippen molar-refractivity contribution in [2.45, 2.75) is 167 Å². The van der Waals surface area contributed by atoms with Gasteiger partial charge in [0, 0.05) is 78.4 Å². The molecule has 2 aromatic carbocycles. The van der Waals surface area contributed by atoms with Gasteiger partial charge in [-0.1, -0.05) is 76.1 Å². The number of unbranched alkanes of at least 4 members (excludes halogenated alkanes) is 9. The molecule has 2 aliphatic rings. The van der Waals surface area contributed by atoms with Gasteiger partial charge in [0.15, 0.2) is 5.71 Å². The SMILES string of the molecule is CCCCCCCOP(=O)(OCCCCNC(=O)C(F)(F)F)c1ccc2c(c1)C(C)(C)C(=CC=CC=CC1=[N+](CCCSOOO)c3ccc(P(=O)(OCCCCCCOC(=O)CCC(=O)OP(F)P)OCCCCNC(=O)C(F)(F)F)cc3C1(C)C)N2CCCS(=O)(=O)O. The zero-order chi connectivity index (χ0) is 70.5. The third-order valence-corrected chi connectivity index (χ3v) is 21.2. The molecule has 536 valence electrons. The molecule has 22 nitrogen and oxygen atoms in total. The lowest BCUT2D eigenvalue weighted by molar-refractivity contribution is -0.438. The summed E-state index contributed by atoms with van der Waals surface area (Å²) < 4.78 is 193. The van der Waals surface area contributed by atoms with Crippen molar-refractivity contribution in [3.05, 3.63) is 83.6 Å². The van der Waals surface area contributed by atoms with Gasteiger partial charge in [0.05, 0.1) is 67.7 Å². The number of allylic oxidation sites excluding steroid dienone is 6. The first kappa shape index (κ1) is 83.2. The van der Waals surface area contributed by atoms with Crippen molar-refractivity contribution in [3.63, 3.8) is 0 Å². The minimum Gasteiger partial charge on any atom is -0.466 e. The lowest BCUT2D eigenvalue weighted by Crippen LogP contribution is -2.37. The highest BCUT2D eigenvalue weighted by molar-refractivity contribution is 8.08. The number of nitrogens with one attached hydrogen (secondary N) is 2. The largest absolute Gasteiger partial charge is 0.471 e. The molecule has 35 heteroatoms. The molecule has 4 unspecified atom stereocenters. The molecule has 0 spiro atoms. The van der Waals surface area contributed by atoms with Crippen LogP contribution in [-0.2, 0) is 86.0 Å². The fraction of sp³-hybridized carbons (Fsp3) is 0.617. The van der Waals surface area contributed by atoms with Crippen LogP contribution in [0.1, 0.15) is 155 Å². The molecule has 2 aliphatic heterocycles. The van der Waals surface area contributed by atoms with Crippen LogP contribution in [0.4, 0.5) is 41.9 Å². The first-order chi connectivity index (χ1) is 44.7. The number of alkyl halides is 6. The molecule has 2 heterocycles. The molecule has 2 amide bonds. The van der Waals surface area contributed by atoms with Crippen LogP contribution in [0.3, 0.4) is 0 Å². The maximum Gasteiger partial charge on any atom is 0.471 e. The van der Waals surface area contributed by atoms with E-state index in [1.807, 2.05) is 56.1 Å². The lowest BCUT2D eigenvalue weighted by Gasteiger charge is -2.27. The van der Waals surface area contributed by atoms with Crippen molar-refractivity contribution in [3.8, 4) is 0 Å². The maximum atomic E-state index is 15.0. The zero-order valence-electron chi connectivity index (χ0n) is 53.9. The zero-order valence-corrected chi connectivity index (χ0v) is 59.3. The third-order valence-electron chi connectivity index (χ3n) is 15.1.